The summed E-state index contributed by atoms with van der Waals surface area (Å²) in [7, 11) is 5.42. The molecule has 1 aliphatic rings. The third-order valence-electron chi connectivity index (χ3n) is 5.90. The van der Waals surface area contributed by atoms with Crippen LogP contribution in [0.4, 0.5) is 5.69 Å². The molecule has 1 amide bonds. The number of hydrogen-bond acceptors (Lipinski definition) is 5. The highest BCUT2D eigenvalue weighted by Gasteiger charge is 2.46. The van der Waals surface area contributed by atoms with E-state index in [1.165, 1.54) is 4.90 Å². The number of aliphatic hydroxyl groups excluding tert-OH is 1. The van der Waals surface area contributed by atoms with Gasteiger partial charge >= 0.3 is 0 Å². The van der Waals surface area contributed by atoms with E-state index in [1.54, 1.807) is 37.4 Å². The van der Waals surface area contributed by atoms with E-state index in [0.29, 0.717) is 21.9 Å². The second-order valence-corrected chi connectivity index (χ2v) is 8.67. The van der Waals surface area contributed by atoms with Gasteiger partial charge in [0.05, 0.1) is 25.3 Å². The van der Waals surface area contributed by atoms with Gasteiger partial charge in [-0.15, -0.1) is 0 Å². The van der Waals surface area contributed by atoms with Crippen LogP contribution in [-0.4, -0.2) is 42.9 Å². The Hall–Kier alpha value is -3.77. The van der Waals surface area contributed by atoms with Gasteiger partial charge in [0, 0.05) is 35.9 Å². The number of anilines is 1. The molecule has 1 unspecified atom stereocenters. The van der Waals surface area contributed by atoms with E-state index in [4.69, 9.17) is 16.3 Å². The Balaban J connectivity index is 1.87. The van der Waals surface area contributed by atoms with Crippen LogP contribution in [0, 0.1) is 0 Å². The lowest BCUT2D eigenvalue weighted by atomic mass is 9.95. The first-order valence-corrected chi connectivity index (χ1v) is 11.1. The van der Waals surface area contributed by atoms with Crippen molar-refractivity contribution in [1.29, 1.82) is 0 Å². The molecule has 4 rings (SSSR count). The largest absolute Gasteiger partial charge is 0.507 e. The molecule has 34 heavy (non-hydrogen) atoms. The zero-order valence-electron chi connectivity index (χ0n) is 19.2. The number of carbonyl (C=O) groups excluding carboxylic acids is 2. The van der Waals surface area contributed by atoms with Gasteiger partial charge in [0.15, 0.2) is 0 Å². The first-order chi connectivity index (χ1) is 16.3. The molecule has 3 aromatic rings. The van der Waals surface area contributed by atoms with E-state index in [0.717, 1.165) is 11.3 Å². The highest BCUT2D eigenvalue weighted by Crippen LogP contribution is 2.41. The van der Waals surface area contributed by atoms with Gasteiger partial charge < -0.3 is 19.6 Å². The molecule has 0 aliphatic carbocycles. The molecule has 1 atom stereocenters. The lowest BCUT2D eigenvalue weighted by Gasteiger charge is -2.26. The SMILES string of the molecule is COc1ccccc1CN1C(=O)C(=O)/C(=C(\O)c2cccc(Cl)c2)C1c1ccc(N(C)C)cc1. The van der Waals surface area contributed by atoms with Gasteiger partial charge in [0.2, 0.25) is 0 Å². The second kappa shape index (κ2) is 9.61. The lowest BCUT2D eigenvalue weighted by molar-refractivity contribution is -0.140. The van der Waals surface area contributed by atoms with Crippen LogP contribution in [0.15, 0.2) is 78.4 Å². The van der Waals surface area contributed by atoms with Gasteiger partial charge in [-0.3, -0.25) is 9.59 Å². The van der Waals surface area contributed by atoms with E-state index in [1.807, 2.05) is 61.5 Å². The predicted octanol–water partition coefficient (Wildman–Crippen LogP) is 5.04. The number of rotatable bonds is 6. The summed E-state index contributed by atoms with van der Waals surface area (Å²) in [5, 5.41) is 11.6. The van der Waals surface area contributed by atoms with Gasteiger partial charge in [0.1, 0.15) is 11.5 Å². The number of carbonyl (C=O) groups is 2. The Labute approximate surface area is 203 Å². The number of halogens is 1. The summed E-state index contributed by atoms with van der Waals surface area (Å²) >= 11 is 6.12. The minimum absolute atomic E-state index is 0.0276. The predicted molar refractivity (Wildman–Crippen MR) is 133 cm³/mol. The average molecular weight is 477 g/mol. The van der Waals surface area contributed by atoms with Crippen LogP contribution in [0.1, 0.15) is 22.7 Å². The molecule has 1 N–H and O–H groups in total. The van der Waals surface area contributed by atoms with E-state index >= 15 is 0 Å². The number of ketones is 1. The number of aliphatic hydroxyl groups is 1. The standard InChI is InChI=1S/C27H25ClN2O4/c1-29(2)21-13-11-17(12-14-21)24-23(25(31)18-8-6-9-20(28)15-18)26(32)27(33)30(24)16-19-7-4-5-10-22(19)34-3/h4-15,24,31H,16H2,1-3H3/b25-23-. The van der Waals surface area contributed by atoms with Crippen molar-refractivity contribution in [2.75, 3.05) is 26.1 Å². The van der Waals surface area contributed by atoms with Crippen LogP contribution < -0.4 is 9.64 Å². The Kier molecular flexibility index (Phi) is 6.61. The van der Waals surface area contributed by atoms with E-state index in [-0.39, 0.29) is 17.9 Å². The van der Waals surface area contributed by atoms with Gasteiger partial charge in [-0.1, -0.05) is 54.1 Å². The van der Waals surface area contributed by atoms with Crippen LogP contribution in [-0.2, 0) is 16.1 Å². The molecule has 1 aliphatic heterocycles. The molecule has 3 aromatic carbocycles. The van der Waals surface area contributed by atoms with Crippen molar-refractivity contribution in [3.63, 3.8) is 0 Å². The monoisotopic (exact) mass is 476 g/mol. The third kappa shape index (κ3) is 4.37. The van der Waals surface area contributed by atoms with E-state index in [2.05, 4.69) is 0 Å². The maximum absolute atomic E-state index is 13.2. The van der Waals surface area contributed by atoms with Crippen molar-refractivity contribution in [1.82, 2.24) is 4.90 Å². The van der Waals surface area contributed by atoms with Gasteiger partial charge in [0.25, 0.3) is 11.7 Å². The number of ether oxygens (including phenoxy) is 1. The number of para-hydroxylation sites is 1. The summed E-state index contributed by atoms with van der Waals surface area (Å²) in [6.07, 6.45) is 0. The van der Waals surface area contributed by atoms with Gasteiger partial charge in [-0.05, 0) is 35.9 Å². The maximum atomic E-state index is 13.2. The van der Waals surface area contributed by atoms with Gasteiger partial charge in [-0.25, -0.2) is 0 Å². The van der Waals surface area contributed by atoms with Crippen molar-refractivity contribution in [2.24, 2.45) is 0 Å². The Morgan fingerprint density at radius 2 is 1.74 bits per heavy atom. The smallest absolute Gasteiger partial charge is 0.295 e. The summed E-state index contributed by atoms with van der Waals surface area (Å²) in [5.41, 5.74) is 2.84. The summed E-state index contributed by atoms with van der Waals surface area (Å²) in [5.74, 6) is -1.07. The van der Waals surface area contributed by atoms with Crippen molar-refractivity contribution < 1.29 is 19.4 Å². The Bertz CT molecular complexity index is 1270. The summed E-state index contributed by atoms with van der Waals surface area (Å²) in [4.78, 5) is 29.9. The van der Waals surface area contributed by atoms with Crippen LogP contribution >= 0.6 is 11.6 Å². The zero-order valence-corrected chi connectivity index (χ0v) is 19.9. The minimum Gasteiger partial charge on any atom is -0.507 e. The van der Waals surface area contributed by atoms with Crippen LogP contribution in [0.25, 0.3) is 5.76 Å². The number of hydrogen-bond donors (Lipinski definition) is 1. The van der Waals surface area contributed by atoms with E-state index in [9.17, 15) is 14.7 Å². The molecule has 6 nitrogen and oxygen atoms in total. The van der Waals surface area contributed by atoms with E-state index < -0.39 is 17.7 Å². The molecule has 0 bridgehead atoms. The molecule has 1 heterocycles. The summed E-state index contributed by atoms with van der Waals surface area (Å²) in [6.45, 7) is 0.140. The van der Waals surface area contributed by atoms with Crippen LogP contribution in [0.5, 0.6) is 5.75 Å². The Morgan fingerprint density at radius 3 is 2.38 bits per heavy atom. The van der Waals surface area contributed by atoms with Crippen molar-refractivity contribution >= 4 is 34.7 Å². The molecule has 0 spiro atoms. The highest BCUT2D eigenvalue weighted by atomic mass is 35.5. The first-order valence-electron chi connectivity index (χ1n) is 10.8. The number of Topliss-reactive ketones (excluding diaryl/α,β-unsaturated/α-hetero) is 1. The fourth-order valence-corrected chi connectivity index (χ4v) is 4.34. The van der Waals surface area contributed by atoms with Crippen LogP contribution in [0.3, 0.4) is 0 Å². The molecule has 0 saturated carbocycles. The maximum Gasteiger partial charge on any atom is 0.295 e. The topological polar surface area (TPSA) is 70.1 Å². The van der Waals surface area contributed by atoms with Crippen molar-refractivity contribution in [3.05, 3.63) is 100 Å². The fraction of sp³-hybridized carbons (Fsp3) is 0.185. The summed E-state index contributed by atoms with van der Waals surface area (Å²) < 4.78 is 5.45. The quantitative estimate of drug-likeness (QED) is 0.307. The minimum atomic E-state index is -0.778. The normalized spacial score (nSPS) is 17.2. The van der Waals surface area contributed by atoms with Crippen molar-refractivity contribution in [3.8, 4) is 5.75 Å². The van der Waals surface area contributed by atoms with Crippen molar-refractivity contribution in [2.45, 2.75) is 12.6 Å². The Morgan fingerprint density at radius 1 is 1.03 bits per heavy atom. The zero-order chi connectivity index (χ0) is 24.4. The number of methoxy groups -OCH3 is 1. The number of benzene rings is 3. The fourth-order valence-electron chi connectivity index (χ4n) is 4.15. The first kappa shape index (κ1) is 23.4. The molecular weight excluding hydrogens is 452 g/mol. The van der Waals surface area contributed by atoms with Crippen LogP contribution in [0.2, 0.25) is 5.02 Å². The molecule has 7 heteroatoms. The molecular formula is C27H25ClN2O4. The number of amides is 1. The van der Waals surface area contributed by atoms with Gasteiger partial charge in [-0.2, -0.15) is 0 Å². The molecule has 1 saturated heterocycles. The molecule has 1 fully saturated rings. The lowest BCUT2D eigenvalue weighted by Crippen LogP contribution is -2.29. The third-order valence-corrected chi connectivity index (χ3v) is 6.13. The molecule has 174 valence electrons. The summed E-state index contributed by atoms with van der Waals surface area (Å²) in [6, 6.07) is 20.7. The number of likely N-dealkylation sites (tertiary alicyclic amines) is 1. The molecule has 0 radical (unpaired) electrons. The highest BCUT2D eigenvalue weighted by molar-refractivity contribution is 6.46. The second-order valence-electron chi connectivity index (χ2n) is 8.24. The average Bonchev–Trinajstić information content (AvgIpc) is 3.09. The number of nitrogens with zero attached hydrogens (tertiary/aromatic N) is 2. The molecule has 0 aromatic heterocycles.